The average Bonchev–Trinajstić information content (AvgIpc) is 3.36. The number of hydrogen-bond acceptors (Lipinski definition) is 10. The van der Waals surface area contributed by atoms with Crippen LogP contribution >= 0.6 is 0 Å². The minimum absolute atomic E-state index is 0.0365. The van der Waals surface area contributed by atoms with Gasteiger partial charge in [-0.2, -0.15) is 0 Å². The molecule has 0 bridgehead atoms. The van der Waals surface area contributed by atoms with Crippen molar-refractivity contribution in [3.63, 3.8) is 0 Å². The standard InChI is InChI=1S/C59H97NO10/c1-4-7-10-13-16-19-22-25-26-27-28-29-32-35-38-41-44-47-54(64)70-57-56(66)55(65)53(48-61)69-59(57)68-49-50(51(62)45-42-39-36-33-30-23-20-17-14-11-8-5-2)60-58(67)52(63)46-43-40-37-34-31-24-21-18-15-12-9-6-3/h9,12,15-16,18-19,21,24-26,28-29,31,34-35,38,42,45,50-53,55-57,59,61-63,65-66H,4-8,10-11,13-14,17,20,22-23,27,30,32-33,36-37,39-41,43-44,46-49H2,1-3H3,(H,60,67)/b12-9+,18-15+,19-16-,24-21-,26-25-,29-28-,34-31-,38-35-,45-42+. The number of ether oxygens (including phenoxy) is 3. The highest BCUT2D eigenvalue weighted by atomic mass is 16.7. The van der Waals surface area contributed by atoms with E-state index in [2.05, 4.69) is 68.6 Å². The molecule has 1 fully saturated rings. The summed E-state index contributed by atoms with van der Waals surface area (Å²) in [5, 5.41) is 56.6. The van der Waals surface area contributed by atoms with E-state index in [-0.39, 0.29) is 19.4 Å². The van der Waals surface area contributed by atoms with Gasteiger partial charge < -0.3 is 45.1 Å². The molecule has 0 aromatic carbocycles. The van der Waals surface area contributed by atoms with E-state index < -0.39 is 67.4 Å². The Morgan fingerprint density at radius 1 is 0.586 bits per heavy atom. The normalized spacial score (nSPS) is 20.6. The molecule has 70 heavy (non-hydrogen) atoms. The Morgan fingerprint density at radius 3 is 1.70 bits per heavy atom. The van der Waals surface area contributed by atoms with Crippen LogP contribution in [-0.2, 0) is 23.8 Å². The Morgan fingerprint density at radius 2 is 1.09 bits per heavy atom. The summed E-state index contributed by atoms with van der Waals surface area (Å²) in [6.45, 7) is 5.52. The monoisotopic (exact) mass is 980 g/mol. The highest BCUT2D eigenvalue weighted by molar-refractivity contribution is 5.80. The predicted octanol–water partition coefficient (Wildman–Crippen LogP) is 11.8. The van der Waals surface area contributed by atoms with Crippen LogP contribution in [0.5, 0.6) is 0 Å². The van der Waals surface area contributed by atoms with E-state index in [1.807, 2.05) is 60.8 Å². The average molecular weight is 980 g/mol. The van der Waals surface area contributed by atoms with Crippen LogP contribution in [0.3, 0.4) is 0 Å². The van der Waals surface area contributed by atoms with Crippen molar-refractivity contribution in [2.75, 3.05) is 13.2 Å². The molecule has 1 saturated heterocycles. The molecule has 1 aliphatic heterocycles. The number of rotatable bonds is 43. The van der Waals surface area contributed by atoms with Gasteiger partial charge in [-0.15, -0.1) is 0 Å². The number of hydrogen-bond donors (Lipinski definition) is 6. The first-order chi connectivity index (χ1) is 34.2. The maximum Gasteiger partial charge on any atom is 0.306 e. The van der Waals surface area contributed by atoms with Crippen molar-refractivity contribution in [3.05, 3.63) is 109 Å². The molecule has 1 heterocycles. The first kappa shape index (κ1) is 64.3. The zero-order valence-electron chi connectivity index (χ0n) is 43.6. The summed E-state index contributed by atoms with van der Waals surface area (Å²) in [5.74, 6) is -1.31. The van der Waals surface area contributed by atoms with Crippen molar-refractivity contribution in [1.29, 1.82) is 0 Å². The molecule has 11 nitrogen and oxygen atoms in total. The third-order valence-corrected chi connectivity index (χ3v) is 12.0. The number of allylic oxidation sites excluding steroid dienone is 17. The molecule has 0 spiro atoms. The molecular formula is C59H97NO10. The Labute approximate surface area is 424 Å². The molecule has 0 radical (unpaired) electrons. The van der Waals surface area contributed by atoms with Crippen molar-refractivity contribution in [1.82, 2.24) is 5.32 Å². The van der Waals surface area contributed by atoms with Gasteiger partial charge in [0.1, 0.15) is 24.4 Å². The van der Waals surface area contributed by atoms with Gasteiger partial charge in [0.2, 0.25) is 5.91 Å². The van der Waals surface area contributed by atoms with E-state index in [9.17, 15) is 35.1 Å². The van der Waals surface area contributed by atoms with Crippen LogP contribution in [0.15, 0.2) is 109 Å². The van der Waals surface area contributed by atoms with Crippen molar-refractivity contribution in [3.8, 4) is 0 Å². The lowest BCUT2D eigenvalue weighted by Crippen LogP contribution is -2.61. The van der Waals surface area contributed by atoms with Crippen molar-refractivity contribution < 1.29 is 49.3 Å². The maximum atomic E-state index is 13.3. The second-order valence-electron chi connectivity index (χ2n) is 18.3. The third kappa shape index (κ3) is 34.6. The third-order valence-electron chi connectivity index (χ3n) is 12.0. The second kappa shape index (κ2) is 46.4. The van der Waals surface area contributed by atoms with Crippen LogP contribution in [0.25, 0.3) is 0 Å². The van der Waals surface area contributed by atoms with E-state index in [0.717, 1.165) is 70.6 Å². The Balaban J connectivity index is 2.83. The Hall–Kier alpha value is -3.68. The number of carbonyl (C=O) groups excluding carboxylic acids is 2. The van der Waals surface area contributed by atoms with Crippen LogP contribution in [0.4, 0.5) is 0 Å². The molecule has 1 amide bonds. The number of carbonyl (C=O) groups is 2. The van der Waals surface area contributed by atoms with Gasteiger partial charge >= 0.3 is 5.97 Å². The van der Waals surface area contributed by atoms with E-state index >= 15 is 0 Å². The first-order valence-electron chi connectivity index (χ1n) is 27.2. The molecule has 1 rings (SSSR count). The molecule has 0 aromatic rings. The summed E-state index contributed by atoms with van der Waals surface area (Å²) in [5.41, 5.74) is 0. The zero-order chi connectivity index (χ0) is 51.1. The maximum absolute atomic E-state index is 13.3. The molecule has 8 atom stereocenters. The topological polar surface area (TPSA) is 175 Å². The minimum Gasteiger partial charge on any atom is -0.454 e. The largest absolute Gasteiger partial charge is 0.454 e. The number of nitrogens with one attached hydrogen (secondary N) is 1. The summed E-state index contributed by atoms with van der Waals surface area (Å²) in [4.78, 5) is 26.4. The molecule has 8 unspecified atom stereocenters. The van der Waals surface area contributed by atoms with E-state index in [4.69, 9.17) is 14.2 Å². The second-order valence-corrected chi connectivity index (χ2v) is 18.3. The summed E-state index contributed by atoms with van der Waals surface area (Å²) < 4.78 is 17.5. The highest BCUT2D eigenvalue weighted by Gasteiger charge is 2.47. The van der Waals surface area contributed by atoms with Crippen molar-refractivity contribution in [2.24, 2.45) is 0 Å². The number of amides is 1. The fourth-order valence-electron chi connectivity index (χ4n) is 7.65. The lowest BCUT2D eigenvalue weighted by molar-refractivity contribution is -0.305. The van der Waals surface area contributed by atoms with Crippen LogP contribution in [-0.4, -0.2) is 99.6 Å². The number of aliphatic hydroxyl groups excluding tert-OH is 5. The van der Waals surface area contributed by atoms with Crippen LogP contribution in [0.1, 0.15) is 188 Å². The molecule has 0 aromatic heterocycles. The predicted molar refractivity (Wildman–Crippen MR) is 287 cm³/mol. The Bertz CT molecular complexity index is 1550. The highest BCUT2D eigenvalue weighted by Crippen LogP contribution is 2.26. The lowest BCUT2D eigenvalue weighted by Gasteiger charge is -2.41. The first-order valence-corrected chi connectivity index (χ1v) is 27.2. The number of esters is 1. The Kier molecular flexibility index (Phi) is 42.6. The van der Waals surface area contributed by atoms with Crippen molar-refractivity contribution >= 4 is 11.9 Å². The summed E-state index contributed by atoms with van der Waals surface area (Å²) in [6, 6.07) is -1.06. The molecule has 6 N–H and O–H groups in total. The van der Waals surface area contributed by atoms with E-state index in [1.54, 1.807) is 6.08 Å². The number of unbranched alkanes of at least 4 members (excludes halogenated alkanes) is 16. The van der Waals surface area contributed by atoms with Gasteiger partial charge in [0.05, 0.1) is 25.4 Å². The molecule has 398 valence electrons. The van der Waals surface area contributed by atoms with Gasteiger partial charge in [-0.3, -0.25) is 9.59 Å². The van der Waals surface area contributed by atoms with Crippen molar-refractivity contribution in [2.45, 2.75) is 237 Å². The summed E-state index contributed by atoms with van der Waals surface area (Å²) in [7, 11) is 0. The van der Waals surface area contributed by atoms with Crippen LogP contribution < -0.4 is 5.32 Å². The lowest BCUT2D eigenvalue weighted by atomic mass is 9.99. The SMILES string of the molecule is CC/C=C/C=C/C=C\C=C/CCCCC(O)C(=O)NC(COC1OC(CO)C(O)C(O)C1OC(=O)CCC/C=C\C/C=C\C/C=C\C/C=C\CCCCC)C(O)/C=C/CCCCCCCCCCCC. The van der Waals surface area contributed by atoms with Gasteiger partial charge in [-0.1, -0.05) is 207 Å². The summed E-state index contributed by atoms with van der Waals surface area (Å²) in [6.07, 6.45) is 51.5. The van der Waals surface area contributed by atoms with Gasteiger partial charge in [0.15, 0.2) is 12.4 Å². The quantitative estimate of drug-likeness (QED) is 0.0149. The van der Waals surface area contributed by atoms with Gasteiger partial charge in [0, 0.05) is 6.42 Å². The van der Waals surface area contributed by atoms with Crippen LogP contribution in [0.2, 0.25) is 0 Å². The van der Waals surface area contributed by atoms with Gasteiger partial charge in [-0.05, 0) is 83.5 Å². The van der Waals surface area contributed by atoms with E-state index in [0.29, 0.717) is 19.3 Å². The summed E-state index contributed by atoms with van der Waals surface area (Å²) >= 11 is 0. The smallest absolute Gasteiger partial charge is 0.306 e. The fourth-order valence-corrected chi connectivity index (χ4v) is 7.65. The molecular weight excluding hydrogens is 883 g/mol. The van der Waals surface area contributed by atoms with E-state index in [1.165, 1.54) is 64.2 Å². The molecule has 0 saturated carbocycles. The van der Waals surface area contributed by atoms with Gasteiger partial charge in [-0.25, -0.2) is 0 Å². The molecule has 0 aliphatic carbocycles. The van der Waals surface area contributed by atoms with Crippen LogP contribution in [0, 0.1) is 0 Å². The zero-order valence-corrected chi connectivity index (χ0v) is 43.6. The van der Waals surface area contributed by atoms with Gasteiger partial charge in [0.25, 0.3) is 0 Å². The minimum atomic E-state index is -1.65. The molecule has 1 aliphatic rings. The molecule has 11 heteroatoms. The fraction of sp³-hybridized carbons (Fsp3) is 0.661. The number of aliphatic hydroxyl groups is 5.